The van der Waals surface area contributed by atoms with Crippen molar-refractivity contribution in [1.82, 2.24) is 5.32 Å². The number of halogens is 3. The van der Waals surface area contributed by atoms with Gasteiger partial charge in [0, 0.05) is 12.0 Å². The topological polar surface area (TPSA) is 72.5 Å². The van der Waals surface area contributed by atoms with Crippen molar-refractivity contribution in [2.45, 2.75) is 32.0 Å². The third-order valence-corrected chi connectivity index (χ3v) is 3.05. The van der Waals surface area contributed by atoms with Crippen LogP contribution in [0.3, 0.4) is 0 Å². The number of rotatable bonds is 6. The van der Waals surface area contributed by atoms with Crippen LogP contribution in [-0.4, -0.2) is 30.8 Å². The van der Waals surface area contributed by atoms with Crippen LogP contribution in [0.5, 0.6) is 0 Å². The molecular formula is C15H16F3NO4. The zero-order chi connectivity index (χ0) is 17.6. The van der Waals surface area contributed by atoms with Crippen molar-refractivity contribution in [1.29, 1.82) is 0 Å². The van der Waals surface area contributed by atoms with Crippen LogP contribution in [0.4, 0.5) is 13.2 Å². The summed E-state index contributed by atoms with van der Waals surface area (Å²) in [6.07, 6.45) is -4.38. The number of nitrogens with one attached hydrogen (secondary N) is 1. The molecule has 5 nitrogen and oxygen atoms in total. The van der Waals surface area contributed by atoms with E-state index in [9.17, 15) is 27.6 Å². The van der Waals surface area contributed by atoms with E-state index in [1.807, 2.05) is 0 Å². The Kier molecular flexibility index (Phi) is 6.29. The summed E-state index contributed by atoms with van der Waals surface area (Å²) in [6.45, 7) is 1.34. The maximum atomic E-state index is 12.5. The average Bonchev–Trinajstić information content (AvgIpc) is 2.49. The molecule has 126 valence electrons. The molecule has 0 aliphatic heterocycles. The summed E-state index contributed by atoms with van der Waals surface area (Å²) in [5, 5.41) is 2.35. The van der Waals surface area contributed by atoms with Gasteiger partial charge in [0.25, 0.3) is 5.91 Å². The lowest BCUT2D eigenvalue weighted by atomic mass is 10.1. The quantitative estimate of drug-likeness (QED) is 0.812. The first-order valence-corrected chi connectivity index (χ1v) is 6.70. The SMILES string of the molecule is COC(=O)[C@H](CCC(C)=O)NC(=O)c1ccc(C(F)(F)F)cc1. The van der Waals surface area contributed by atoms with Gasteiger partial charge in [-0.25, -0.2) is 4.79 Å². The zero-order valence-electron chi connectivity index (χ0n) is 12.6. The number of hydrogen-bond donors (Lipinski definition) is 1. The summed E-state index contributed by atoms with van der Waals surface area (Å²) in [5.74, 6) is -1.62. The Morgan fingerprint density at radius 2 is 1.74 bits per heavy atom. The molecule has 1 N–H and O–H groups in total. The first-order valence-electron chi connectivity index (χ1n) is 6.70. The highest BCUT2D eigenvalue weighted by atomic mass is 19.4. The zero-order valence-corrected chi connectivity index (χ0v) is 12.6. The Hall–Kier alpha value is -2.38. The number of benzene rings is 1. The number of amides is 1. The summed E-state index contributed by atoms with van der Waals surface area (Å²) < 4.78 is 41.9. The second kappa shape index (κ2) is 7.75. The molecule has 1 atom stereocenters. The minimum Gasteiger partial charge on any atom is -0.467 e. The van der Waals surface area contributed by atoms with Crippen LogP contribution in [0.15, 0.2) is 24.3 Å². The molecule has 0 aromatic heterocycles. The number of Topliss-reactive ketones (excluding diaryl/α,β-unsaturated/α-hetero) is 1. The molecule has 0 heterocycles. The van der Waals surface area contributed by atoms with Crippen LogP contribution in [0.25, 0.3) is 0 Å². The minimum absolute atomic E-state index is 0.0327. The van der Waals surface area contributed by atoms with E-state index in [1.54, 1.807) is 0 Å². The van der Waals surface area contributed by atoms with Gasteiger partial charge in [-0.1, -0.05) is 0 Å². The molecular weight excluding hydrogens is 315 g/mol. The van der Waals surface area contributed by atoms with Crippen LogP contribution in [0.2, 0.25) is 0 Å². The third-order valence-electron chi connectivity index (χ3n) is 3.05. The predicted octanol–water partition coefficient (Wildman–Crippen LogP) is 2.35. The first-order chi connectivity index (χ1) is 10.6. The molecule has 1 aromatic carbocycles. The lowest BCUT2D eigenvalue weighted by Crippen LogP contribution is -2.41. The minimum atomic E-state index is -4.49. The lowest BCUT2D eigenvalue weighted by Gasteiger charge is -2.16. The molecule has 0 spiro atoms. The van der Waals surface area contributed by atoms with Crippen LogP contribution in [0.1, 0.15) is 35.7 Å². The standard InChI is InChI=1S/C15H16F3NO4/c1-9(20)3-8-12(14(22)23-2)19-13(21)10-4-6-11(7-5-10)15(16,17)18/h4-7,12H,3,8H2,1-2H3,(H,19,21)/t12-/m0/s1. The largest absolute Gasteiger partial charge is 0.467 e. The highest BCUT2D eigenvalue weighted by molar-refractivity contribution is 5.96. The number of alkyl halides is 3. The maximum Gasteiger partial charge on any atom is 0.416 e. The number of ketones is 1. The molecule has 1 amide bonds. The van der Waals surface area contributed by atoms with Crippen LogP contribution >= 0.6 is 0 Å². The van der Waals surface area contributed by atoms with Gasteiger partial charge in [-0.2, -0.15) is 13.2 Å². The van der Waals surface area contributed by atoms with Crippen LogP contribution < -0.4 is 5.32 Å². The lowest BCUT2D eigenvalue weighted by molar-refractivity contribution is -0.143. The van der Waals surface area contributed by atoms with Gasteiger partial charge in [-0.15, -0.1) is 0 Å². The fraction of sp³-hybridized carbons (Fsp3) is 0.400. The van der Waals surface area contributed by atoms with E-state index < -0.39 is 29.7 Å². The van der Waals surface area contributed by atoms with Crippen molar-refractivity contribution < 1.29 is 32.3 Å². The van der Waals surface area contributed by atoms with Crippen molar-refractivity contribution in [2.24, 2.45) is 0 Å². The van der Waals surface area contributed by atoms with Crippen LogP contribution in [0, 0.1) is 0 Å². The maximum absolute atomic E-state index is 12.5. The fourth-order valence-electron chi connectivity index (χ4n) is 1.79. The molecule has 0 saturated carbocycles. The summed E-state index contributed by atoms with van der Waals surface area (Å²) in [7, 11) is 1.13. The monoisotopic (exact) mass is 331 g/mol. The molecule has 8 heteroatoms. The molecule has 0 unspecified atom stereocenters. The Morgan fingerprint density at radius 3 is 2.17 bits per heavy atom. The van der Waals surface area contributed by atoms with E-state index in [1.165, 1.54) is 6.92 Å². The van der Waals surface area contributed by atoms with E-state index in [-0.39, 0.29) is 24.2 Å². The van der Waals surface area contributed by atoms with E-state index in [2.05, 4.69) is 10.1 Å². The van der Waals surface area contributed by atoms with E-state index >= 15 is 0 Å². The van der Waals surface area contributed by atoms with Crippen molar-refractivity contribution in [3.05, 3.63) is 35.4 Å². The Morgan fingerprint density at radius 1 is 1.17 bits per heavy atom. The van der Waals surface area contributed by atoms with Gasteiger partial charge >= 0.3 is 12.1 Å². The molecule has 0 bridgehead atoms. The highest BCUT2D eigenvalue weighted by Gasteiger charge is 2.30. The summed E-state index contributed by atoms with van der Waals surface area (Å²) >= 11 is 0. The number of carbonyl (C=O) groups excluding carboxylic acids is 3. The van der Waals surface area contributed by atoms with E-state index in [4.69, 9.17) is 0 Å². The predicted molar refractivity (Wildman–Crippen MR) is 74.6 cm³/mol. The fourth-order valence-corrected chi connectivity index (χ4v) is 1.79. The number of ether oxygens (including phenoxy) is 1. The second-order valence-electron chi connectivity index (χ2n) is 4.87. The summed E-state index contributed by atoms with van der Waals surface area (Å²) in [4.78, 5) is 34.6. The molecule has 0 saturated heterocycles. The molecule has 1 aromatic rings. The Labute approximate surface area is 130 Å². The normalized spacial score (nSPS) is 12.4. The smallest absolute Gasteiger partial charge is 0.416 e. The average molecular weight is 331 g/mol. The van der Waals surface area contributed by atoms with Gasteiger partial charge in [-0.05, 0) is 37.6 Å². The third kappa shape index (κ3) is 5.72. The van der Waals surface area contributed by atoms with Gasteiger partial charge in [0.1, 0.15) is 11.8 Å². The molecule has 0 aliphatic rings. The van der Waals surface area contributed by atoms with Crippen molar-refractivity contribution in [3.63, 3.8) is 0 Å². The van der Waals surface area contributed by atoms with E-state index in [0.717, 1.165) is 31.4 Å². The molecule has 0 radical (unpaired) electrons. The van der Waals surface area contributed by atoms with Gasteiger partial charge < -0.3 is 14.8 Å². The first kappa shape index (κ1) is 18.7. The molecule has 0 aliphatic carbocycles. The molecule has 0 fully saturated rings. The van der Waals surface area contributed by atoms with Gasteiger partial charge in [0.05, 0.1) is 12.7 Å². The van der Waals surface area contributed by atoms with Crippen molar-refractivity contribution in [3.8, 4) is 0 Å². The second-order valence-corrected chi connectivity index (χ2v) is 4.87. The number of methoxy groups -OCH3 is 1. The molecule has 23 heavy (non-hydrogen) atoms. The highest BCUT2D eigenvalue weighted by Crippen LogP contribution is 2.29. The summed E-state index contributed by atoms with van der Waals surface area (Å²) in [6, 6.07) is 2.53. The Balaban J connectivity index is 2.81. The van der Waals surface area contributed by atoms with Crippen molar-refractivity contribution >= 4 is 17.7 Å². The summed E-state index contributed by atoms with van der Waals surface area (Å²) in [5.41, 5.74) is -0.912. The van der Waals surface area contributed by atoms with Crippen molar-refractivity contribution in [2.75, 3.05) is 7.11 Å². The number of hydrogen-bond acceptors (Lipinski definition) is 4. The van der Waals surface area contributed by atoms with Gasteiger partial charge in [0.2, 0.25) is 0 Å². The number of carbonyl (C=O) groups is 3. The Bertz CT molecular complexity index is 581. The molecule has 1 rings (SSSR count). The number of esters is 1. The van der Waals surface area contributed by atoms with E-state index in [0.29, 0.717) is 0 Å². The van der Waals surface area contributed by atoms with Gasteiger partial charge in [-0.3, -0.25) is 4.79 Å². The van der Waals surface area contributed by atoms with Gasteiger partial charge in [0.15, 0.2) is 0 Å². The van der Waals surface area contributed by atoms with Crippen LogP contribution in [-0.2, 0) is 20.5 Å².